The lowest BCUT2D eigenvalue weighted by Crippen LogP contribution is -1.98. The SMILES string of the molecule is N#Cc1ccc(Nc2ccc3cnccc3c2N)c(Cl)c1. The van der Waals surface area contributed by atoms with E-state index in [0.717, 1.165) is 16.5 Å². The molecule has 0 unspecified atom stereocenters. The summed E-state index contributed by atoms with van der Waals surface area (Å²) in [6, 6.07) is 12.8. The van der Waals surface area contributed by atoms with Crippen molar-refractivity contribution >= 4 is 39.4 Å². The van der Waals surface area contributed by atoms with Crippen molar-refractivity contribution in [1.29, 1.82) is 5.26 Å². The monoisotopic (exact) mass is 294 g/mol. The maximum atomic E-state index is 8.85. The maximum Gasteiger partial charge on any atom is 0.0992 e. The number of halogens is 1. The van der Waals surface area contributed by atoms with Gasteiger partial charge in [0.2, 0.25) is 0 Å². The molecule has 1 heterocycles. The van der Waals surface area contributed by atoms with E-state index in [-0.39, 0.29) is 0 Å². The highest BCUT2D eigenvalue weighted by molar-refractivity contribution is 6.33. The van der Waals surface area contributed by atoms with Crippen molar-refractivity contribution in [2.45, 2.75) is 0 Å². The molecule has 0 amide bonds. The number of fused-ring (bicyclic) bond motifs is 1. The molecule has 2 aromatic carbocycles. The quantitative estimate of drug-likeness (QED) is 0.698. The first-order valence-electron chi connectivity index (χ1n) is 6.28. The minimum absolute atomic E-state index is 0.475. The minimum Gasteiger partial charge on any atom is -0.397 e. The van der Waals surface area contributed by atoms with Crippen LogP contribution in [0.3, 0.4) is 0 Å². The number of rotatable bonds is 2. The average molecular weight is 295 g/mol. The number of anilines is 3. The van der Waals surface area contributed by atoms with E-state index in [9.17, 15) is 0 Å². The summed E-state index contributed by atoms with van der Waals surface area (Å²) in [6.45, 7) is 0. The van der Waals surface area contributed by atoms with Gasteiger partial charge in [0.15, 0.2) is 0 Å². The summed E-state index contributed by atoms with van der Waals surface area (Å²) in [7, 11) is 0. The van der Waals surface area contributed by atoms with E-state index < -0.39 is 0 Å². The largest absolute Gasteiger partial charge is 0.397 e. The molecule has 0 spiro atoms. The summed E-state index contributed by atoms with van der Waals surface area (Å²) in [6.07, 6.45) is 3.47. The molecule has 0 bridgehead atoms. The van der Waals surface area contributed by atoms with E-state index in [1.165, 1.54) is 0 Å². The molecule has 5 heteroatoms. The molecular weight excluding hydrogens is 284 g/mol. The highest BCUT2D eigenvalue weighted by Crippen LogP contribution is 2.33. The van der Waals surface area contributed by atoms with Gasteiger partial charge in [-0.1, -0.05) is 17.7 Å². The van der Waals surface area contributed by atoms with Gasteiger partial charge in [-0.3, -0.25) is 4.98 Å². The van der Waals surface area contributed by atoms with Gasteiger partial charge >= 0.3 is 0 Å². The van der Waals surface area contributed by atoms with Crippen LogP contribution in [0.25, 0.3) is 10.8 Å². The van der Waals surface area contributed by atoms with Gasteiger partial charge in [-0.25, -0.2) is 0 Å². The van der Waals surface area contributed by atoms with Crippen molar-refractivity contribution in [2.24, 2.45) is 0 Å². The molecule has 0 atom stereocenters. The third-order valence-corrected chi connectivity index (χ3v) is 3.54. The zero-order valence-electron chi connectivity index (χ0n) is 11.0. The fourth-order valence-electron chi connectivity index (χ4n) is 2.13. The Morgan fingerprint density at radius 1 is 1.14 bits per heavy atom. The Labute approximate surface area is 126 Å². The number of hydrogen-bond acceptors (Lipinski definition) is 4. The van der Waals surface area contributed by atoms with Crippen molar-refractivity contribution in [3.8, 4) is 6.07 Å². The van der Waals surface area contributed by atoms with E-state index >= 15 is 0 Å². The predicted octanol–water partition coefficient (Wildman–Crippen LogP) is 4.09. The molecule has 0 aliphatic heterocycles. The van der Waals surface area contributed by atoms with Crippen molar-refractivity contribution in [1.82, 2.24) is 4.98 Å². The van der Waals surface area contributed by atoms with Crippen molar-refractivity contribution in [2.75, 3.05) is 11.1 Å². The van der Waals surface area contributed by atoms with Gasteiger partial charge in [0.05, 0.1) is 33.7 Å². The molecule has 1 aromatic heterocycles. The smallest absolute Gasteiger partial charge is 0.0992 e. The number of pyridine rings is 1. The third kappa shape index (κ3) is 2.47. The van der Waals surface area contributed by atoms with Crippen LogP contribution in [-0.2, 0) is 0 Å². The van der Waals surface area contributed by atoms with E-state index in [1.54, 1.807) is 30.6 Å². The van der Waals surface area contributed by atoms with Gasteiger partial charge in [0, 0.05) is 23.2 Å². The Morgan fingerprint density at radius 2 is 1.95 bits per heavy atom. The molecule has 4 nitrogen and oxygen atoms in total. The average Bonchev–Trinajstić information content (AvgIpc) is 2.52. The standard InChI is InChI=1S/C16H11ClN4/c17-13-7-10(8-18)1-3-14(13)21-15-4-2-11-9-20-6-5-12(11)16(15)19/h1-7,9,21H,19H2. The van der Waals surface area contributed by atoms with E-state index in [1.807, 2.05) is 18.2 Å². The van der Waals surface area contributed by atoms with Crippen LogP contribution in [0.2, 0.25) is 5.02 Å². The van der Waals surface area contributed by atoms with Gasteiger partial charge in [-0.15, -0.1) is 0 Å². The lowest BCUT2D eigenvalue weighted by molar-refractivity contribution is 1.36. The van der Waals surface area contributed by atoms with Crippen LogP contribution in [0.4, 0.5) is 17.1 Å². The van der Waals surface area contributed by atoms with E-state index in [0.29, 0.717) is 22.0 Å². The third-order valence-electron chi connectivity index (χ3n) is 3.23. The summed E-state index contributed by atoms with van der Waals surface area (Å²) >= 11 is 6.16. The van der Waals surface area contributed by atoms with Gasteiger partial charge in [0.1, 0.15) is 0 Å². The minimum atomic E-state index is 0.475. The van der Waals surface area contributed by atoms with Crippen LogP contribution in [-0.4, -0.2) is 4.98 Å². The highest BCUT2D eigenvalue weighted by Gasteiger charge is 2.07. The number of nitrogens with two attached hydrogens (primary N) is 1. The first kappa shape index (κ1) is 13.2. The van der Waals surface area contributed by atoms with Gasteiger partial charge in [-0.2, -0.15) is 5.26 Å². The van der Waals surface area contributed by atoms with Crippen LogP contribution < -0.4 is 11.1 Å². The number of nitriles is 1. The molecule has 0 saturated carbocycles. The second kappa shape index (κ2) is 5.31. The first-order valence-corrected chi connectivity index (χ1v) is 6.66. The number of hydrogen-bond donors (Lipinski definition) is 2. The van der Waals surface area contributed by atoms with Crippen molar-refractivity contribution in [3.05, 3.63) is 59.4 Å². The Morgan fingerprint density at radius 3 is 2.71 bits per heavy atom. The summed E-state index contributed by atoms with van der Waals surface area (Å²) in [4.78, 5) is 4.07. The highest BCUT2D eigenvalue weighted by atomic mass is 35.5. The van der Waals surface area contributed by atoms with E-state index in [4.69, 9.17) is 22.6 Å². The Kier molecular flexibility index (Phi) is 3.35. The zero-order chi connectivity index (χ0) is 14.8. The second-order valence-electron chi connectivity index (χ2n) is 4.56. The van der Waals surface area contributed by atoms with Gasteiger partial charge in [-0.05, 0) is 30.3 Å². The number of aromatic nitrogens is 1. The summed E-state index contributed by atoms with van der Waals surface area (Å²) < 4.78 is 0. The molecule has 21 heavy (non-hydrogen) atoms. The summed E-state index contributed by atoms with van der Waals surface area (Å²) in [5.74, 6) is 0. The Balaban J connectivity index is 2.02. The summed E-state index contributed by atoms with van der Waals surface area (Å²) in [5.41, 5.74) is 8.81. The molecule has 3 rings (SSSR count). The van der Waals surface area contributed by atoms with Crippen LogP contribution >= 0.6 is 11.6 Å². The molecule has 0 aliphatic carbocycles. The second-order valence-corrected chi connectivity index (χ2v) is 4.96. The fourth-order valence-corrected chi connectivity index (χ4v) is 2.36. The fraction of sp³-hybridized carbons (Fsp3) is 0. The molecule has 3 N–H and O–H groups in total. The summed E-state index contributed by atoms with van der Waals surface area (Å²) in [5, 5.41) is 14.4. The molecule has 0 aliphatic rings. The first-order chi connectivity index (χ1) is 10.2. The number of nitrogens with one attached hydrogen (secondary N) is 1. The number of nitrogens with zero attached hydrogens (tertiary/aromatic N) is 2. The number of benzene rings is 2. The lowest BCUT2D eigenvalue weighted by atomic mass is 10.1. The van der Waals surface area contributed by atoms with Gasteiger partial charge < -0.3 is 11.1 Å². The van der Waals surface area contributed by atoms with Crippen LogP contribution in [0.15, 0.2) is 48.8 Å². The topological polar surface area (TPSA) is 74.7 Å². The molecule has 102 valence electrons. The van der Waals surface area contributed by atoms with Crippen molar-refractivity contribution < 1.29 is 0 Å². The zero-order valence-corrected chi connectivity index (χ0v) is 11.7. The molecule has 0 radical (unpaired) electrons. The molecule has 0 fully saturated rings. The van der Waals surface area contributed by atoms with Crippen LogP contribution in [0, 0.1) is 11.3 Å². The molecule has 3 aromatic rings. The Bertz CT molecular complexity index is 868. The molecular formula is C16H11ClN4. The van der Waals surface area contributed by atoms with Crippen LogP contribution in [0.1, 0.15) is 5.56 Å². The molecule has 0 saturated heterocycles. The van der Waals surface area contributed by atoms with Crippen LogP contribution in [0.5, 0.6) is 0 Å². The van der Waals surface area contributed by atoms with Gasteiger partial charge in [0.25, 0.3) is 0 Å². The normalized spacial score (nSPS) is 10.3. The predicted molar refractivity (Wildman–Crippen MR) is 85.6 cm³/mol. The van der Waals surface area contributed by atoms with E-state index in [2.05, 4.69) is 16.4 Å². The Hall–Kier alpha value is -2.77. The lowest BCUT2D eigenvalue weighted by Gasteiger charge is -2.12. The maximum absolute atomic E-state index is 8.85. The number of nitrogen functional groups attached to an aromatic ring is 1. The van der Waals surface area contributed by atoms with Crippen molar-refractivity contribution in [3.63, 3.8) is 0 Å².